The number of hydrogen-bond donors (Lipinski definition) is 1. The van der Waals surface area contributed by atoms with Crippen molar-refractivity contribution in [3.05, 3.63) is 62.8 Å². The minimum Gasteiger partial charge on any atom is -0.503 e. The molecule has 1 aromatic carbocycles. The summed E-state index contributed by atoms with van der Waals surface area (Å²) in [4.78, 5) is 28.3. The third-order valence-electron chi connectivity index (χ3n) is 6.54. The summed E-state index contributed by atoms with van der Waals surface area (Å²) in [6, 6.07) is 6.20. The fourth-order valence-electron chi connectivity index (χ4n) is 4.48. The van der Waals surface area contributed by atoms with Gasteiger partial charge in [0.1, 0.15) is 10.8 Å². The number of hydrogen-bond acceptors (Lipinski definition) is 8. The van der Waals surface area contributed by atoms with E-state index in [1.807, 2.05) is 6.92 Å². The Balaban J connectivity index is 1.52. The molecule has 190 valence electrons. The summed E-state index contributed by atoms with van der Waals surface area (Å²) in [6.07, 6.45) is 3.81. The van der Waals surface area contributed by atoms with Crippen LogP contribution in [0.5, 0.6) is 5.75 Å². The molecule has 5 rings (SSSR count). The summed E-state index contributed by atoms with van der Waals surface area (Å²) in [6.45, 7) is 3.40. The van der Waals surface area contributed by atoms with Gasteiger partial charge in [0.25, 0.3) is 5.91 Å². The van der Waals surface area contributed by atoms with E-state index in [0.717, 1.165) is 18.4 Å². The quantitative estimate of drug-likeness (QED) is 0.438. The van der Waals surface area contributed by atoms with Crippen molar-refractivity contribution in [2.24, 2.45) is 0 Å². The second-order valence-corrected chi connectivity index (χ2v) is 10.5. The highest BCUT2D eigenvalue weighted by Gasteiger charge is 2.46. The molecule has 3 heterocycles. The minimum atomic E-state index is -0.721. The molecule has 0 radical (unpaired) electrons. The highest BCUT2D eigenvalue weighted by Crippen LogP contribution is 2.38. The Kier molecular flexibility index (Phi) is 6.62. The van der Waals surface area contributed by atoms with Gasteiger partial charge in [0.2, 0.25) is 5.43 Å². The van der Waals surface area contributed by atoms with E-state index < -0.39 is 16.7 Å². The molecule has 1 fully saturated rings. The second-order valence-electron chi connectivity index (χ2n) is 9.45. The monoisotopic (exact) mass is 514 g/mol. The zero-order valence-corrected chi connectivity index (χ0v) is 20.9. The largest absolute Gasteiger partial charge is 0.503 e. The number of aromatic hydroxyl groups is 1. The van der Waals surface area contributed by atoms with Crippen molar-refractivity contribution in [1.29, 1.82) is 0 Å². The van der Waals surface area contributed by atoms with Gasteiger partial charge in [0.15, 0.2) is 16.5 Å². The molecular formula is C25H27FN4O5S. The number of ether oxygens (including phenoxy) is 2. The number of fused-ring (bicyclic) bond motifs is 1. The van der Waals surface area contributed by atoms with E-state index >= 15 is 0 Å². The summed E-state index contributed by atoms with van der Waals surface area (Å²) >= 11 is 1.22. The van der Waals surface area contributed by atoms with Crippen LogP contribution in [0.15, 0.2) is 35.3 Å². The van der Waals surface area contributed by atoms with Gasteiger partial charge in [-0.1, -0.05) is 23.5 Å². The summed E-state index contributed by atoms with van der Waals surface area (Å²) in [5.41, 5.74) is -0.401. The molecule has 36 heavy (non-hydrogen) atoms. The third-order valence-corrected chi connectivity index (χ3v) is 7.49. The van der Waals surface area contributed by atoms with E-state index in [4.69, 9.17) is 9.47 Å². The smallest absolute Gasteiger partial charge is 0.274 e. The van der Waals surface area contributed by atoms with E-state index in [2.05, 4.69) is 10.2 Å². The first kappa shape index (κ1) is 24.5. The lowest BCUT2D eigenvalue weighted by molar-refractivity contribution is 0.000945. The molecule has 9 nitrogen and oxygen atoms in total. The van der Waals surface area contributed by atoms with Crippen LogP contribution < -0.4 is 5.43 Å². The molecule has 11 heteroatoms. The first-order chi connectivity index (χ1) is 17.3. The number of benzene rings is 1. The number of carbonyl (C=O) groups is 1. The van der Waals surface area contributed by atoms with Gasteiger partial charge in [-0.05, 0) is 37.5 Å². The van der Waals surface area contributed by atoms with Crippen LogP contribution in [0.4, 0.5) is 4.39 Å². The number of amides is 1. The van der Waals surface area contributed by atoms with Crippen molar-refractivity contribution < 1.29 is 23.8 Å². The van der Waals surface area contributed by atoms with Crippen molar-refractivity contribution in [2.75, 3.05) is 33.5 Å². The highest BCUT2D eigenvalue weighted by atomic mass is 32.1. The zero-order chi connectivity index (χ0) is 25.4. The predicted octanol–water partition coefficient (Wildman–Crippen LogP) is 2.80. The van der Waals surface area contributed by atoms with Gasteiger partial charge in [-0.3, -0.25) is 9.59 Å². The van der Waals surface area contributed by atoms with Gasteiger partial charge < -0.3 is 24.0 Å². The molecule has 0 bridgehead atoms. The Morgan fingerprint density at radius 1 is 1.19 bits per heavy atom. The van der Waals surface area contributed by atoms with Crippen LogP contribution in [-0.2, 0) is 21.4 Å². The van der Waals surface area contributed by atoms with Crippen molar-refractivity contribution in [3.63, 3.8) is 0 Å². The molecular weight excluding hydrogens is 487 g/mol. The van der Waals surface area contributed by atoms with Crippen LogP contribution in [-0.4, -0.2) is 70.2 Å². The van der Waals surface area contributed by atoms with Crippen LogP contribution in [0.25, 0.3) is 10.6 Å². The normalized spacial score (nSPS) is 19.5. The topological polar surface area (TPSA) is 107 Å². The molecule has 1 amide bonds. The molecule has 1 saturated carbocycles. The summed E-state index contributed by atoms with van der Waals surface area (Å²) in [5.74, 6) is -1.28. The maximum absolute atomic E-state index is 13.3. The van der Waals surface area contributed by atoms with Gasteiger partial charge in [-0.15, -0.1) is 10.2 Å². The van der Waals surface area contributed by atoms with E-state index in [1.54, 1.807) is 34.9 Å². The average Bonchev–Trinajstić information content (AvgIpc) is 3.61. The summed E-state index contributed by atoms with van der Waals surface area (Å²) in [5, 5.41) is 20.3. The fraction of sp³-hybridized carbons (Fsp3) is 0.440. The van der Waals surface area contributed by atoms with E-state index in [1.165, 1.54) is 23.5 Å². The van der Waals surface area contributed by atoms with Gasteiger partial charge in [-0.2, -0.15) is 0 Å². The molecule has 1 aliphatic heterocycles. The maximum Gasteiger partial charge on any atom is 0.274 e. The molecule has 2 aromatic heterocycles. The van der Waals surface area contributed by atoms with E-state index in [0.29, 0.717) is 36.2 Å². The van der Waals surface area contributed by atoms with Crippen LogP contribution in [0.3, 0.4) is 0 Å². The van der Waals surface area contributed by atoms with E-state index in [9.17, 15) is 19.1 Å². The second kappa shape index (κ2) is 9.72. The molecule has 1 aliphatic carbocycles. The standard InChI is InChI=1S/C25H27FN4O5S/c1-25(14-35-10-9-34-2)13-29(17-7-8-17)24(33)20-22(32)21(31)18(12-30(20)25)23-28-27-19(36-23)11-15-3-5-16(26)6-4-15/h3-6,12,17,32H,7-11,13-14H2,1-2H3/t25-/m1/s1. The van der Waals surface area contributed by atoms with Gasteiger partial charge in [0, 0.05) is 32.3 Å². The van der Waals surface area contributed by atoms with Crippen LogP contribution in [0.1, 0.15) is 40.8 Å². The van der Waals surface area contributed by atoms with Crippen molar-refractivity contribution >= 4 is 17.2 Å². The number of pyridine rings is 1. The number of carbonyl (C=O) groups excluding carboxylic acids is 1. The lowest BCUT2D eigenvalue weighted by atomic mass is 9.96. The fourth-order valence-corrected chi connectivity index (χ4v) is 5.36. The first-order valence-electron chi connectivity index (χ1n) is 11.7. The predicted molar refractivity (Wildman–Crippen MR) is 131 cm³/mol. The summed E-state index contributed by atoms with van der Waals surface area (Å²) < 4.78 is 25.8. The van der Waals surface area contributed by atoms with Gasteiger partial charge in [0.05, 0.1) is 30.9 Å². The molecule has 0 unspecified atom stereocenters. The summed E-state index contributed by atoms with van der Waals surface area (Å²) in [7, 11) is 1.59. The molecule has 0 spiro atoms. The zero-order valence-electron chi connectivity index (χ0n) is 20.1. The minimum absolute atomic E-state index is 0.0317. The Hall–Kier alpha value is -3.15. The Morgan fingerprint density at radius 2 is 1.94 bits per heavy atom. The molecule has 1 N–H and O–H groups in total. The average molecular weight is 515 g/mol. The molecule has 2 aliphatic rings. The Morgan fingerprint density at radius 3 is 2.64 bits per heavy atom. The maximum atomic E-state index is 13.3. The lowest BCUT2D eigenvalue weighted by Crippen LogP contribution is -2.56. The Labute approximate surface area is 211 Å². The van der Waals surface area contributed by atoms with E-state index in [-0.39, 0.29) is 35.6 Å². The Bertz CT molecular complexity index is 1340. The number of rotatable bonds is 9. The molecule has 0 saturated heterocycles. The van der Waals surface area contributed by atoms with Crippen molar-refractivity contribution in [1.82, 2.24) is 19.7 Å². The first-order valence-corrected chi connectivity index (χ1v) is 12.6. The SMILES string of the molecule is COCCOC[C@@]1(C)CN(C2CC2)C(=O)c2c(O)c(=O)c(-c3nnc(Cc4ccc(F)cc4)s3)cn21. The van der Waals surface area contributed by atoms with Crippen molar-refractivity contribution in [2.45, 2.75) is 37.8 Å². The number of nitrogens with zero attached hydrogens (tertiary/aromatic N) is 4. The van der Waals surface area contributed by atoms with Crippen molar-refractivity contribution in [3.8, 4) is 16.3 Å². The third kappa shape index (κ3) is 4.65. The number of halogens is 1. The van der Waals surface area contributed by atoms with Gasteiger partial charge in [-0.25, -0.2) is 4.39 Å². The van der Waals surface area contributed by atoms with Crippen LogP contribution in [0.2, 0.25) is 0 Å². The lowest BCUT2D eigenvalue weighted by Gasteiger charge is -2.43. The number of aromatic nitrogens is 3. The highest BCUT2D eigenvalue weighted by molar-refractivity contribution is 7.14. The van der Waals surface area contributed by atoms with Gasteiger partial charge >= 0.3 is 0 Å². The molecule has 1 atom stereocenters. The molecule has 3 aromatic rings. The van der Waals surface area contributed by atoms with Crippen LogP contribution >= 0.6 is 11.3 Å². The number of methoxy groups -OCH3 is 1. The van der Waals surface area contributed by atoms with Crippen LogP contribution in [0, 0.1) is 5.82 Å².